The molecule has 1 unspecified atom stereocenters. The van der Waals surface area contributed by atoms with E-state index in [1.165, 1.54) is 12.3 Å². The van der Waals surface area contributed by atoms with Crippen molar-refractivity contribution in [3.8, 4) is 0 Å². The van der Waals surface area contributed by atoms with Crippen LogP contribution in [0.15, 0.2) is 12.3 Å². The molecule has 0 aromatic carbocycles. The lowest BCUT2D eigenvalue weighted by atomic mass is 10.0. The summed E-state index contributed by atoms with van der Waals surface area (Å²) in [6, 6.07) is 1.64. The maximum atomic E-state index is 12.2. The number of anilines is 1. The van der Waals surface area contributed by atoms with Gasteiger partial charge in [0.1, 0.15) is 5.15 Å². The van der Waals surface area contributed by atoms with Gasteiger partial charge in [-0.1, -0.05) is 25.4 Å². The topological polar surface area (TPSA) is 59.2 Å². The summed E-state index contributed by atoms with van der Waals surface area (Å²) in [6.07, 6.45) is 1.41. The number of carbonyl (C=O) groups is 1. The number of nitrogen functional groups attached to an aromatic ring is 1. The van der Waals surface area contributed by atoms with Gasteiger partial charge >= 0.3 is 0 Å². The van der Waals surface area contributed by atoms with Crippen LogP contribution in [-0.2, 0) is 0 Å². The van der Waals surface area contributed by atoms with Crippen molar-refractivity contribution < 1.29 is 4.79 Å². The average molecular weight is 256 g/mol. The van der Waals surface area contributed by atoms with E-state index in [4.69, 9.17) is 17.3 Å². The van der Waals surface area contributed by atoms with E-state index in [0.29, 0.717) is 17.2 Å². The van der Waals surface area contributed by atoms with Crippen molar-refractivity contribution in [1.82, 2.24) is 9.88 Å². The van der Waals surface area contributed by atoms with Gasteiger partial charge in [-0.3, -0.25) is 4.79 Å². The SMILES string of the molecule is CC(C)C(C)N(C)C(=O)c1cc(Cl)ncc1N. The molecule has 1 atom stereocenters. The molecule has 1 rings (SSSR count). The number of hydrogen-bond acceptors (Lipinski definition) is 3. The second-order valence-corrected chi connectivity index (χ2v) is 4.88. The van der Waals surface area contributed by atoms with Crippen molar-refractivity contribution in [3.05, 3.63) is 23.0 Å². The summed E-state index contributed by atoms with van der Waals surface area (Å²) in [7, 11) is 1.76. The fourth-order valence-corrected chi connectivity index (χ4v) is 1.61. The zero-order valence-electron chi connectivity index (χ0n) is 10.6. The van der Waals surface area contributed by atoms with E-state index < -0.39 is 0 Å². The second kappa shape index (κ2) is 5.36. The van der Waals surface area contributed by atoms with Gasteiger partial charge in [0, 0.05) is 13.1 Å². The molecule has 94 valence electrons. The first-order valence-electron chi connectivity index (χ1n) is 5.52. The largest absolute Gasteiger partial charge is 0.397 e. The second-order valence-electron chi connectivity index (χ2n) is 4.49. The first kappa shape index (κ1) is 13.8. The van der Waals surface area contributed by atoms with E-state index in [-0.39, 0.29) is 17.1 Å². The van der Waals surface area contributed by atoms with Crippen molar-refractivity contribution in [3.63, 3.8) is 0 Å². The smallest absolute Gasteiger partial charge is 0.256 e. The van der Waals surface area contributed by atoms with Gasteiger partial charge in [0.15, 0.2) is 0 Å². The number of nitrogens with zero attached hydrogens (tertiary/aromatic N) is 2. The minimum Gasteiger partial charge on any atom is -0.397 e. The Balaban J connectivity index is 3.00. The summed E-state index contributed by atoms with van der Waals surface area (Å²) in [5.41, 5.74) is 6.49. The highest BCUT2D eigenvalue weighted by molar-refractivity contribution is 6.29. The summed E-state index contributed by atoms with van der Waals surface area (Å²) in [6.45, 7) is 6.14. The van der Waals surface area contributed by atoms with Crippen LogP contribution in [0.2, 0.25) is 5.15 Å². The number of hydrogen-bond donors (Lipinski definition) is 1. The molecule has 2 N–H and O–H groups in total. The Morgan fingerprint density at radius 2 is 2.06 bits per heavy atom. The molecule has 0 saturated carbocycles. The zero-order chi connectivity index (χ0) is 13.2. The zero-order valence-corrected chi connectivity index (χ0v) is 11.3. The molecule has 1 aromatic rings. The van der Waals surface area contributed by atoms with Crippen LogP contribution >= 0.6 is 11.6 Å². The molecule has 1 aromatic heterocycles. The number of carbonyl (C=O) groups excluding carboxylic acids is 1. The van der Waals surface area contributed by atoms with E-state index >= 15 is 0 Å². The first-order chi connectivity index (χ1) is 7.84. The highest BCUT2D eigenvalue weighted by Gasteiger charge is 2.21. The molecule has 1 heterocycles. The molecule has 0 spiro atoms. The maximum Gasteiger partial charge on any atom is 0.256 e. The van der Waals surface area contributed by atoms with E-state index in [1.807, 2.05) is 6.92 Å². The lowest BCUT2D eigenvalue weighted by molar-refractivity contribution is 0.0708. The van der Waals surface area contributed by atoms with Crippen LogP contribution in [0.5, 0.6) is 0 Å². The van der Waals surface area contributed by atoms with Gasteiger partial charge in [-0.2, -0.15) is 0 Å². The Morgan fingerprint density at radius 3 is 2.59 bits per heavy atom. The van der Waals surface area contributed by atoms with E-state index in [2.05, 4.69) is 18.8 Å². The fourth-order valence-electron chi connectivity index (χ4n) is 1.45. The minimum absolute atomic E-state index is 0.131. The number of amides is 1. The van der Waals surface area contributed by atoms with Crippen LogP contribution in [0.4, 0.5) is 5.69 Å². The van der Waals surface area contributed by atoms with Gasteiger partial charge in [0.2, 0.25) is 0 Å². The van der Waals surface area contributed by atoms with E-state index in [1.54, 1.807) is 11.9 Å². The van der Waals surface area contributed by atoms with Crippen LogP contribution < -0.4 is 5.73 Å². The Labute approximate surface area is 107 Å². The number of halogens is 1. The first-order valence-corrected chi connectivity index (χ1v) is 5.90. The predicted molar refractivity (Wildman–Crippen MR) is 70.1 cm³/mol. The third-order valence-corrected chi connectivity index (χ3v) is 3.23. The Morgan fingerprint density at radius 1 is 1.47 bits per heavy atom. The summed E-state index contributed by atoms with van der Waals surface area (Å²) in [4.78, 5) is 17.7. The summed E-state index contributed by atoms with van der Waals surface area (Å²) in [5.74, 6) is 0.246. The third-order valence-electron chi connectivity index (χ3n) is 3.03. The molecule has 17 heavy (non-hydrogen) atoms. The number of aromatic nitrogens is 1. The van der Waals surface area contributed by atoms with Crippen molar-refractivity contribution >= 4 is 23.2 Å². The molecular formula is C12H18ClN3O. The molecule has 0 aliphatic heterocycles. The molecule has 0 saturated heterocycles. The highest BCUT2D eigenvalue weighted by atomic mass is 35.5. The summed E-state index contributed by atoms with van der Waals surface area (Å²) < 4.78 is 0. The standard InChI is InChI=1S/C12H18ClN3O/c1-7(2)8(3)16(4)12(17)9-5-11(13)15-6-10(9)14/h5-8H,14H2,1-4H3. The maximum absolute atomic E-state index is 12.2. The van der Waals surface area contributed by atoms with Crippen molar-refractivity contribution in [2.75, 3.05) is 12.8 Å². The molecule has 0 aliphatic rings. The van der Waals surface area contributed by atoms with E-state index in [9.17, 15) is 4.79 Å². The minimum atomic E-state index is -0.131. The van der Waals surface area contributed by atoms with Gasteiger partial charge in [-0.05, 0) is 18.9 Å². The summed E-state index contributed by atoms with van der Waals surface area (Å²) >= 11 is 5.77. The van der Waals surface area contributed by atoms with E-state index in [0.717, 1.165) is 0 Å². The number of pyridine rings is 1. The fraction of sp³-hybridized carbons (Fsp3) is 0.500. The van der Waals surface area contributed by atoms with Crippen LogP contribution in [0.3, 0.4) is 0 Å². The third kappa shape index (κ3) is 3.09. The van der Waals surface area contributed by atoms with Gasteiger partial charge in [-0.15, -0.1) is 0 Å². The molecule has 0 bridgehead atoms. The average Bonchev–Trinajstić information content (AvgIpc) is 2.29. The van der Waals surface area contributed by atoms with Gasteiger partial charge < -0.3 is 10.6 Å². The van der Waals surface area contributed by atoms with Crippen LogP contribution in [-0.4, -0.2) is 28.9 Å². The Kier molecular flexibility index (Phi) is 4.34. The monoisotopic (exact) mass is 255 g/mol. The van der Waals surface area contributed by atoms with Gasteiger partial charge in [0.25, 0.3) is 5.91 Å². The van der Waals surface area contributed by atoms with Crippen LogP contribution in [0.1, 0.15) is 31.1 Å². The molecule has 0 aliphatic carbocycles. The van der Waals surface area contributed by atoms with Crippen LogP contribution in [0.25, 0.3) is 0 Å². The van der Waals surface area contributed by atoms with Crippen molar-refractivity contribution in [2.45, 2.75) is 26.8 Å². The quantitative estimate of drug-likeness (QED) is 0.844. The Hall–Kier alpha value is -1.29. The molecule has 0 fully saturated rings. The normalized spacial score (nSPS) is 12.6. The molecular weight excluding hydrogens is 238 g/mol. The lowest BCUT2D eigenvalue weighted by Crippen LogP contribution is -2.38. The lowest BCUT2D eigenvalue weighted by Gasteiger charge is -2.28. The van der Waals surface area contributed by atoms with Crippen molar-refractivity contribution in [1.29, 1.82) is 0 Å². The van der Waals surface area contributed by atoms with Crippen LogP contribution in [0, 0.1) is 5.92 Å². The Bertz CT molecular complexity index is 420. The highest BCUT2D eigenvalue weighted by Crippen LogP contribution is 2.19. The number of nitrogens with two attached hydrogens (primary N) is 1. The molecule has 1 amide bonds. The van der Waals surface area contributed by atoms with Crippen molar-refractivity contribution in [2.24, 2.45) is 5.92 Å². The number of rotatable bonds is 3. The molecule has 5 heteroatoms. The predicted octanol–water partition coefficient (Wildman–Crippen LogP) is 2.43. The van der Waals surface area contributed by atoms with Gasteiger partial charge in [-0.25, -0.2) is 4.98 Å². The molecule has 0 radical (unpaired) electrons. The van der Waals surface area contributed by atoms with Gasteiger partial charge in [0.05, 0.1) is 17.4 Å². The molecule has 4 nitrogen and oxygen atoms in total. The summed E-state index contributed by atoms with van der Waals surface area (Å²) in [5, 5.41) is 0.271.